The fraction of sp³-hybridized carbons (Fsp3) is 0.385. The van der Waals surface area contributed by atoms with Crippen molar-refractivity contribution in [3.8, 4) is 11.3 Å². The van der Waals surface area contributed by atoms with Gasteiger partial charge in [-0.3, -0.25) is 9.78 Å². The van der Waals surface area contributed by atoms with Crippen molar-refractivity contribution >= 4 is 17.5 Å². The molecule has 6 rings (SSSR count). The molecule has 0 radical (unpaired) electrons. The summed E-state index contributed by atoms with van der Waals surface area (Å²) in [6, 6.07) is 10.4. The van der Waals surface area contributed by atoms with Crippen LogP contribution >= 0.6 is 0 Å². The third-order valence-electron chi connectivity index (χ3n) is 7.22. The molecule has 1 aliphatic carbocycles. The van der Waals surface area contributed by atoms with Crippen molar-refractivity contribution in [1.82, 2.24) is 19.9 Å². The van der Waals surface area contributed by atoms with Crippen molar-refractivity contribution in [2.75, 3.05) is 24.5 Å². The Morgan fingerprint density at radius 1 is 1.03 bits per heavy atom. The van der Waals surface area contributed by atoms with Crippen LogP contribution in [0, 0.1) is 0 Å². The normalized spacial score (nSPS) is 18.3. The van der Waals surface area contributed by atoms with Gasteiger partial charge in [0.2, 0.25) is 5.95 Å². The van der Waals surface area contributed by atoms with Gasteiger partial charge in [-0.25, -0.2) is 9.97 Å². The maximum absolute atomic E-state index is 13.0. The zero-order valence-electron chi connectivity index (χ0n) is 18.4. The fourth-order valence-electron chi connectivity index (χ4n) is 5.11. The summed E-state index contributed by atoms with van der Waals surface area (Å²) in [6.07, 6.45) is 11.1. The molecule has 1 amide bonds. The molecule has 1 aromatic carbocycles. The van der Waals surface area contributed by atoms with Gasteiger partial charge in [-0.1, -0.05) is 13.0 Å². The van der Waals surface area contributed by atoms with E-state index in [-0.39, 0.29) is 11.3 Å². The number of benzene rings is 1. The predicted octanol–water partition coefficient (Wildman–Crippen LogP) is 4.52. The van der Waals surface area contributed by atoms with E-state index in [2.05, 4.69) is 35.0 Å². The number of nitrogens with zero attached hydrogens (tertiary/aromatic N) is 5. The van der Waals surface area contributed by atoms with Crippen LogP contribution in [0.15, 0.2) is 48.9 Å². The van der Waals surface area contributed by atoms with Crippen molar-refractivity contribution in [2.45, 2.75) is 44.4 Å². The summed E-state index contributed by atoms with van der Waals surface area (Å²) in [4.78, 5) is 31.1. The highest BCUT2D eigenvalue weighted by Gasteiger charge is 2.52. The van der Waals surface area contributed by atoms with E-state index in [1.54, 1.807) is 0 Å². The van der Waals surface area contributed by atoms with Crippen LogP contribution < -0.4 is 4.90 Å². The fourth-order valence-corrected chi connectivity index (χ4v) is 5.11. The first-order valence-corrected chi connectivity index (χ1v) is 11.7. The maximum Gasteiger partial charge on any atom is 0.253 e. The van der Waals surface area contributed by atoms with Crippen LogP contribution in [0.25, 0.3) is 11.3 Å². The molecule has 6 heteroatoms. The minimum atomic E-state index is 0.139. The summed E-state index contributed by atoms with van der Waals surface area (Å²) >= 11 is 0. The third-order valence-corrected chi connectivity index (χ3v) is 7.22. The number of likely N-dealkylation sites (tertiary alicyclic amines) is 1. The summed E-state index contributed by atoms with van der Waals surface area (Å²) in [5, 5.41) is 0. The molecular formula is C26H27N5O. The van der Waals surface area contributed by atoms with Crippen molar-refractivity contribution < 1.29 is 4.79 Å². The Balaban J connectivity index is 1.33. The van der Waals surface area contributed by atoms with Gasteiger partial charge in [0.25, 0.3) is 5.91 Å². The Morgan fingerprint density at radius 3 is 2.53 bits per heavy atom. The molecule has 32 heavy (non-hydrogen) atoms. The van der Waals surface area contributed by atoms with Crippen molar-refractivity contribution in [3.05, 3.63) is 65.6 Å². The zero-order chi connectivity index (χ0) is 21.7. The average molecular weight is 426 g/mol. The van der Waals surface area contributed by atoms with E-state index in [1.807, 2.05) is 35.6 Å². The Morgan fingerprint density at radius 2 is 1.81 bits per heavy atom. The quantitative estimate of drug-likeness (QED) is 0.615. The molecule has 1 saturated carbocycles. The molecule has 3 aliphatic rings. The van der Waals surface area contributed by atoms with E-state index in [9.17, 15) is 4.79 Å². The number of rotatable bonds is 4. The molecule has 3 aromatic rings. The largest absolute Gasteiger partial charge is 0.339 e. The Kier molecular flexibility index (Phi) is 4.49. The molecule has 162 valence electrons. The topological polar surface area (TPSA) is 62.2 Å². The van der Waals surface area contributed by atoms with Crippen molar-refractivity contribution in [1.29, 1.82) is 0 Å². The van der Waals surface area contributed by atoms with Gasteiger partial charge in [-0.05, 0) is 67.5 Å². The zero-order valence-corrected chi connectivity index (χ0v) is 18.4. The number of aryl methyl sites for hydroxylation is 1. The van der Waals surface area contributed by atoms with Crippen LogP contribution in [0.1, 0.15) is 54.1 Å². The second-order valence-corrected chi connectivity index (χ2v) is 9.27. The first-order chi connectivity index (χ1) is 15.7. The van der Waals surface area contributed by atoms with E-state index in [0.717, 1.165) is 61.4 Å². The van der Waals surface area contributed by atoms with E-state index < -0.39 is 0 Å². The van der Waals surface area contributed by atoms with Gasteiger partial charge < -0.3 is 9.80 Å². The first-order valence-electron chi connectivity index (χ1n) is 11.7. The monoisotopic (exact) mass is 425 g/mol. The lowest BCUT2D eigenvalue weighted by atomic mass is 9.97. The Bertz CT molecular complexity index is 1180. The smallest absolute Gasteiger partial charge is 0.253 e. The van der Waals surface area contributed by atoms with Crippen LogP contribution in [0.2, 0.25) is 0 Å². The number of carbonyl (C=O) groups excluding carboxylic acids is 1. The van der Waals surface area contributed by atoms with Crippen LogP contribution in [0.5, 0.6) is 0 Å². The summed E-state index contributed by atoms with van der Waals surface area (Å²) in [5.74, 6) is 0.830. The number of fused-ring (bicyclic) bond motifs is 2. The molecule has 6 nitrogen and oxygen atoms in total. The molecule has 0 N–H and O–H groups in total. The SMILES string of the molecule is CCc1ccnc(-c2cnc(N3CC4(CC4)c4ccc(C(=O)N5CCCC5)cc43)nc2)c1. The molecule has 1 saturated heterocycles. The van der Waals surface area contributed by atoms with Crippen LogP contribution in [-0.4, -0.2) is 45.4 Å². The lowest BCUT2D eigenvalue weighted by Crippen LogP contribution is -2.27. The lowest BCUT2D eigenvalue weighted by Gasteiger charge is -2.19. The molecule has 0 unspecified atom stereocenters. The number of anilines is 2. The summed E-state index contributed by atoms with van der Waals surface area (Å²) in [5.41, 5.74) is 6.46. The number of amides is 1. The highest BCUT2D eigenvalue weighted by molar-refractivity contribution is 5.96. The molecule has 1 spiro atoms. The second-order valence-electron chi connectivity index (χ2n) is 9.27. The van der Waals surface area contributed by atoms with Crippen LogP contribution in [0.4, 0.5) is 11.6 Å². The van der Waals surface area contributed by atoms with Crippen molar-refractivity contribution in [2.24, 2.45) is 0 Å². The highest BCUT2D eigenvalue weighted by Crippen LogP contribution is 2.57. The van der Waals surface area contributed by atoms with Crippen molar-refractivity contribution in [3.63, 3.8) is 0 Å². The summed E-state index contributed by atoms with van der Waals surface area (Å²) in [7, 11) is 0. The lowest BCUT2D eigenvalue weighted by molar-refractivity contribution is 0.0793. The number of pyridine rings is 1. The standard InChI is InChI=1S/C26H27N5O/c1-2-18-7-10-27-22(13-18)20-15-28-25(29-16-20)31-17-26(8-9-26)21-6-5-19(14-23(21)31)24(32)30-11-3-4-12-30/h5-7,10,13-16H,2-4,8-9,11-12,17H2,1H3. The molecule has 2 aliphatic heterocycles. The average Bonchev–Trinajstić information content (AvgIpc) is 3.28. The summed E-state index contributed by atoms with van der Waals surface area (Å²) < 4.78 is 0. The van der Waals surface area contributed by atoms with Gasteiger partial charge in [-0.2, -0.15) is 0 Å². The van der Waals surface area contributed by atoms with Gasteiger partial charge in [0.15, 0.2) is 0 Å². The Hall–Kier alpha value is -3.28. The predicted molar refractivity (Wildman–Crippen MR) is 124 cm³/mol. The van der Waals surface area contributed by atoms with E-state index in [0.29, 0.717) is 5.95 Å². The summed E-state index contributed by atoms with van der Waals surface area (Å²) in [6.45, 7) is 4.75. The molecular weight excluding hydrogens is 398 g/mol. The van der Waals surface area contributed by atoms with Gasteiger partial charge in [0, 0.05) is 60.5 Å². The van der Waals surface area contributed by atoms with Gasteiger partial charge >= 0.3 is 0 Å². The number of aromatic nitrogens is 3. The van der Waals surface area contributed by atoms with Crippen LogP contribution in [0.3, 0.4) is 0 Å². The molecule has 0 atom stereocenters. The number of hydrogen-bond acceptors (Lipinski definition) is 5. The van der Waals surface area contributed by atoms with Gasteiger partial charge in [0.1, 0.15) is 0 Å². The molecule has 4 heterocycles. The molecule has 0 bridgehead atoms. The minimum Gasteiger partial charge on any atom is -0.339 e. The van der Waals surface area contributed by atoms with Gasteiger partial charge in [0.05, 0.1) is 5.69 Å². The number of carbonyl (C=O) groups is 1. The molecule has 2 aromatic heterocycles. The third kappa shape index (κ3) is 3.17. The van der Waals surface area contributed by atoms with E-state index in [1.165, 1.54) is 24.0 Å². The Labute approximate surface area is 188 Å². The van der Waals surface area contributed by atoms with E-state index >= 15 is 0 Å². The highest BCUT2D eigenvalue weighted by atomic mass is 16.2. The van der Waals surface area contributed by atoms with Gasteiger partial charge in [-0.15, -0.1) is 0 Å². The maximum atomic E-state index is 13.0. The first kappa shape index (κ1) is 19.4. The van der Waals surface area contributed by atoms with E-state index in [4.69, 9.17) is 9.97 Å². The number of hydrogen-bond donors (Lipinski definition) is 0. The molecule has 2 fully saturated rings. The minimum absolute atomic E-state index is 0.139. The second kappa shape index (κ2) is 7.40. The van der Waals surface area contributed by atoms with Crippen LogP contribution in [-0.2, 0) is 11.8 Å².